The van der Waals surface area contributed by atoms with Gasteiger partial charge in [-0.3, -0.25) is 14.9 Å². The van der Waals surface area contributed by atoms with Gasteiger partial charge < -0.3 is 19.5 Å². The van der Waals surface area contributed by atoms with Crippen LogP contribution >= 0.6 is 0 Å². The SMILES string of the molecule is CCOc1cc([N+](=O)[O-])c(C(=O)OCC(=O)NCCC(C)C)cc1OC. The molecule has 9 nitrogen and oxygen atoms in total. The first-order chi connectivity index (χ1) is 12.3. The average Bonchev–Trinajstić information content (AvgIpc) is 2.59. The quantitative estimate of drug-likeness (QED) is 0.382. The van der Waals surface area contributed by atoms with Gasteiger partial charge in [-0.15, -0.1) is 0 Å². The lowest BCUT2D eigenvalue weighted by Gasteiger charge is -2.12. The molecule has 1 amide bonds. The number of methoxy groups -OCH3 is 1. The molecule has 144 valence electrons. The van der Waals surface area contributed by atoms with Crippen LogP contribution < -0.4 is 14.8 Å². The van der Waals surface area contributed by atoms with Crippen LogP contribution in [0, 0.1) is 16.0 Å². The maximum atomic E-state index is 12.2. The molecule has 0 fully saturated rings. The number of carbonyl (C=O) groups excluding carboxylic acids is 2. The van der Waals surface area contributed by atoms with Gasteiger partial charge in [-0.05, 0) is 19.3 Å². The molecule has 0 heterocycles. The fraction of sp³-hybridized carbons (Fsp3) is 0.529. The molecule has 0 aliphatic heterocycles. The number of nitrogens with zero attached hydrogens (tertiary/aromatic N) is 1. The molecule has 1 rings (SSSR count). The number of hydrogen-bond acceptors (Lipinski definition) is 7. The first kappa shape index (κ1) is 21.2. The summed E-state index contributed by atoms with van der Waals surface area (Å²) in [7, 11) is 1.35. The van der Waals surface area contributed by atoms with Gasteiger partial charge in [-0.2, -0.15) is 0 Å². The summed E-state index contributed by atoms with van der Waals surface area (Å²) in [6, 6.07) is 2.27. The van der Waals surface area contributed by atoms with Crippen molar-refractivity contribution < 1.29 is 28.7 Å². The van der Waals surface area contributed by atoms with E-state index in [1.807, 2.05) is 13.8 Å². The van der Waals surface area contributed by atoms with Gasteiger partial charge in [0.25, 0.3) is 11.6 Å². The van der Waals surface area contributed by atoms with Gasteiger partial charge in [-0.25, -0.2) is 4.79 Å². The molecule has 0 aliphatic rings. The van der Waals surface area contributed by atoms with Crippen LogP contribution in [0.15, 0.2) is 12.1 Å². The van der Waals surface area contributed by atoms with E-state index in [-0.39, 0.29) is 23.7 Å². The van der Waals surface area contributed by atoms with E-state index < -0.39 is 29.1 Å². The topological polar surface area (TPSA) is 117 Å². The zero-order chi connectivity index (χ0) is 19.7. The molecule has 26 heavy (non-hydrogen) atoms. The maximum absolute atomic E-state index is 12.2. The Morgan fingerprint density at radius 2 is 1.96 bits per heavy atom. The molecule has 1 aromatic carbocycles. The Morgan fingerprint density at radius 3 is 2.50 bits per heavy atom. The highest BCUT2D eigenvalue weighted by Gasteiger charge is 2.26. The number of benzene rings is 1. The van der Waals surface area contributed by atoms with Crippen molar-refractivity contribution in [1.29, 1.82) is 0 Å². The van der Waals surface area contributed by atoms with E-state index in [4.69, 9.17) is 14.2 Å². The van der Waals surface area contributed by atoms with Crippen LogP contribution in [0.2, 0.25) is 0 Å². The summed E-state index contributed by atoms with van der Waals surface area (Å²) in [5.41, 5.74) is -0.801. The predicted octanol–water partition coefficient (Wildman–Crippen LogP) is 2.32. The fourth-order valence-electron chi connectivity index (χ4n) is 2.05. The predicted molar refractivity (Wildman–Crippen MR) is 93.6 cm³/mol. The number of nitro groups is 1. The number of hydrogen-bond donors (Lipinski definition) is 1. The van der Waals surface area contributed by atoms with E-state index >= 15 is 0 Å². The molecule has 0 spiro atoms. The summed E-state index contributed by atoms with van der Waals surface area (Å²) in [5, 5.41) is 13.9. The van der Waals surface area contributed by atoms with Crippen molar-refractivity contribution in [2.75, 3.05) is 26.9 Å². The molecule has 0 atom stereocenters. The molecular weight excluding hydrogens is 344 g/mol. The van der Waals surface area contributed by atoms with E-state index in [0.29, 0.717) is 12.5 Å². The standard InChI is InChI=1S/C17H24N2O7/c1-5-25-15-9-13(19(22)23)12(8-14(15)24-4)17(21)26-10-16(20)18-7-6-11(2)3/h8-9,11H,5-7,10H2,1-4H3,(H,18,20). The molecule has 1 aromatic rings. The second kappa shape index (κ2) is 10.2. The number of amides is 1. The summed E-state index contributed by atoms with van der Waals surface area (Å²) < 4.78 is 15.2. The first-order valence-corrected chi connectivity index (χ1v) is 8.23. The van der Waals surface area contributed by atoms with Crippen molar-refractivity contribution >= 4 is 17.6 Å². The maximum Gasteiger partial charge on any atom is 0.345 e. The lowest BCUT2D eigenvalue weighted by molar-refractivity contribution is -0.385. The van der Waals surface area contributed by atoms with Crippen LogP contribution in [-0.4, -0.2) is 43.7 Å². The molecule has 1 N–H and O–H groups in total. The zero-order valence-corrected chi connectivity index (χ0v) is 15.4. The molecule has 0 unspecified atom stereocenters. The third kappa shape index (κ3) is 6.23. The van der Waals surface area contributed by atoms with Gasteiger partial charge in [0.2, 0.25) is 0 Å². The Kier molecular flexibility index (Phi) is 8.33. The summed E-state index contributed by atoms with van der Waals surface area (Å²) >= 11 is 0. The Morgan fingerprint density at radius 1 is 1.27 bits per heavy atom. The van der Waals surface area contributed by atoms with Crippen molar-refractivity contribution in [2.24, 2.45) is 5.92 Å². The fourth-order valence-corrected chi connectivity index (χ4v) is 2.05. The Labute approximate surface area is 151 Å². The highest BCUT2D eigenvalue weighted by atomic mass is 16.6. The van der Waals surface area contributed by atoms with Crippen LogP contribution in [0.5, 0.6) is 11.5 Å². The Balaban J connectivity index is 2.87. The smallest absolute Gasteiger partial charge is 0.345 e. The summed E-state index contributed by atoms with van der Waals surface area (Å²) in [4.78, 5) is 34.4. The minimum atomic E-state index is -0.989. The lowest BCUT2D eigenvalue weighted by Crippen LogP contribution is -2.30. The highest BCUT2D eigenvalue weighted by molar-refractivity contribution is 5.96. The van der Waals surface area contributed by atoms with Crippen LogP contribution in [0.25, 0.3) is 0 Å². The number of rotatable bonds is 10. The van der Waals surface area contributed by atoms with Crippen LogP contribution in [0.3, 0.4) is 0 Å². The minimum absolute atomic E-state index is 0.143. The normalized spacial score (nSPS) is 10.3. The van der Waals surface area contributed by atoms with Gasteiger partial charge in [0.1, 0.15) is 5.56 Å². The van der Waals surface area contributed by atoms with Gasteiger partial charge >= 0.3 is 5.97 Å². The van der Waals surface area contributed by atoms with Crippen LogP contribution in [0.4, 0.5) is 5.69 Å². The minimum Gasteiger partial charge on any atom is -0.493 e. The average molecular weight is 368 g/mol. The van der Waals surface area contributed by atoms with Gasteiger partial charge in [0.05, 0.1) is 24.7 Å². The number of carbonyl (C=O) groups is 2. The summed E-state index contributed by atoms with van der Waals surface area (Å²) in [5.74, 6) is -0.733. The Bertz CT molecular complexity index is 659. The van der Waals surface area contributed by atoms with Crippen molar-refractivity contribution in [1.82, 2.24) is 5.32 Å². The monoisotopic (exact) mass is 368 g/mol. The summed E-state index contributed by atoms with van der Waals surface area (Å²) in [6.07, 6.45) is 0.793. The van der Waals surface area contributed by atoms with E-state index in [0.717, 1.165) is 12.5 Å². The Hall–Kier alpha value is -2.84. The number of esters is 1. The van der Waals surface area contributed by atoms with Gasteiger partial charge in [0.15, 0.2) is 18.1 Å². The van der Waals surface area contributed by atoms with E-state index in [1.165, 1.54) is 13.2 Å². The third-order valence-electron chi connectivity index (χ3n) is 3.38. The lowest BCUT2D eigenvalue weighted by atomic mass is 10.1. The van der Waals surface area contributed by atoms with E-state index in [2.05, 4.69) is 5.32 Å². The molecule has 0 saturated carbocycles. The van der Waals surface area contributed by atoms with Crippen molar-refractivity contribution in [3.63, 3.8) is 0 Å². The van der Waals surface area contributed by atoms with Crippen molar-refractivity contribution in [2.45, 2.75) is 27.2 Å². The second-order valence-electron chi connectivity index (χ2n) is 5.82. The van der Waals surface area contributed by atoms with E-state index in [9.17, 15) is 19.7 Å². The molecular formula is C17H24N2O7. The molecule has 0 saturated heterocycles. The first-order valence-electron chi connectivity index (χ1n) is 8.23. The van der Waals surface area contributed by atoms with Crippen molar-refractivity contribution in [3.05, 3.63) is 27.8 Å². The molecule has 0 bridgehead atoms. The van der Waals surface area contributed by atoms with Gasteiger partial charge in [0, 0.05) is 12.6 Å². The molecule has 0 aromatic heterocycles. The number of ether oxygens (including phenoxy) is 3. The molecule has 0 radical (unpaired) electrons. The number of nitrogens with one attached hydrogen (secondary N) is 1. The summed E-state index contributed by atoms with van der Waals surface area (Å²) in [6.45, 7) is 5.96. The van der Waals surface area contributed by atoms with Crippen LogP contribution in [0.1, 0.15) is 37.6 Å². The van der Waals surface area contributed by atoms with E-state index in [1.54, 1.807) is 6.92 Å². The number of nitro benzene ring substituents is 1. The largest absolute Gasteiger partial charge is 0.493 e. The van der Waals surface area contributed by atoms with Crippen molar-refractivity contribution in [3.8, 4) is 11.5 Å². The molecule has 9 heteroatoms. The van der Waals surface area contributed by atoms with Gasteiger partial charge in [-0.1, -0.05) is 13.8 Å². The zero-order valence-electron chi connectivity index (χ0n) is 15.4. The van der Waals surface area contributed by atoms with Crippen LogP contribution in [-0.2, 0) is 9.53 Å². The molecule has 0 aliphatic carbocycles. The highest BCUT2D eigenvalue weighted by Crippen LogP contribution is 2.35. The second-order valence-corrected chi connectivity index (χ2v) is 5.82. The third-order valence-corrected chi connectivity index (χ3v) is 3.38.